The predicted octanol–water partition coefficient (Wildman–Crippen LogP) is 0.735. The number of ether oxygens (including phenoxy) is 1. The van der Waals surface area contributed by atoms with Gasteiger partial charge in [0.1, 0.15) is 11.8 Å². The number of benzene rings is 1. The van der Waals surface area contributed by atoms with Crippen molar-refractivity contribution < 1.29 is 19.4 Å². The average molecular weight is 306 g/mol. The minimum Gasteiger partial charge on any atom is -0.508 e. The first kappa shape index (κ1) is 16.3. The molecule has 0 saturated carbocycles. The van der Waals surface area contributed by atoms with Gasteiger partial charge in [0.05, 0.1) is 12.6 Å². The lowest BCUT2D eigenvalue weighted by Crippen LogP contribution is -2.49. The van der Waals surface area contributed by atoms with Crippen LogP contribution in [0.5, 0.6) is 5.75 Å². The molecule has 1 saturated heterocycles. The highest BCUT2D eigenvalue weighted by Gasteiger charge is 2.28. The van der Waals surface area contributed by atoms with Crippen LogP contribution in [0.25, 0.3) is 0 Å². The number of rotatable bonds is 6. The van der Waals surface area contributed by atoms with E-state index in [1.807, 2.05) is 0 Å². The Balaban J connectivity index is 2.03. The Morgan fingerprint density at radius 3 is 2.73 bits per heavy atom. The van der Waals surface area contributed by atoms with Crippen LogP contribution in [-0.4, -0.2) is 42.2 Å². The fraction of sp³-hybridized carbons (Fsp3) is 0.500. The highest BCUT2D eigenvalue weighted by atomic mass is 16.5. The smallest absolute Gasteiger partial charge is 0.328 e. The number of carbonyl (C=O) groups is 2. The number of carbonyl (C=O) groups excluding carboxylic acids is 2. The second kappa shape index (κ2) is 7.79. The number of phenolic OH excluding ortho intramolecular Hbond substituents is 1. The van der Waals surface area contributed by atoms with Crippen LogP contribution in [0.3, 0.4) is 0 Å². The van der Waals surface area contributed by atoms with E-state index in [9.17, 15) is 14.7 Å². The van der Waals surface area contributed by atoms with Crippen molar-refractivity contribution in [2.24, 2.45) is 0 Å². The molecule has 1 aliphatic rings. The minimum atomic E-state index is -0.723. The third-order valence-electron chi connectivity index (χ3n) is 3.64. The predicted molar refractivity (Wildman–Crippen MR) is 81.4 cm³/mol. The summed E-state index contributed by atoms with van der Waals surface area (Å²) in [7, 11) is 0. The highest BCUT2D eigenvalue weighted by molar-refractivity contribution is 5.87. The van der Waals surface area contributed by atoms with Crippen molar-refractivity contribution in [3.63, 3.8) is 0 Å². The Hall–Kier alpha value is -2.08. The summed E-state index contributed by atoms with van der Waals surface area (Å²) >= 11 is 0. The van der Waals surface area contributed by atoms with E-state index in [0.717, 1.165) is 24.9 Å². The van der Waals surface area contributed by atoms with Crippen LogP contribution in [0.4, 0.5) is 0 Å². The van der Waals surface area contributed by atoms with E-state index in [1.54, 1.807) is 31.2 Å². The molecular formula is C16H22N2O4. The fourth-order valence-corrected chi connectivity index (χ4v) is 2.48. The second-order valence-corrected chi connectivity index (χ2v) is 5.33. The first-order valence-electron chi connectivity index (χ1n) is 7.58. The SMILES string of the molecule is CCOC(=O)[C@H](Cc1ccc(O)cc1)NC(=O)[C@@H]1CCCN1. The molecule has 1 amide bonds. The lowest BCUT2D eigenvalue weighted by atomic mass is 10.0. The maximum Gasteiger partial charge on any atom is 0.328 e. The standard InChI is InChI=1S/C16H22N2O4/c1-2-22-16(21)14(10-11-5-7-12(19)8-6-11)18-15(20)13-4-3-9-17-13/h5-8,13-14,17,19H,2-4,9-10H2,1H3,(H,18,20)/t13-,14-/m0/s1. The van der Waals surface area contributed by atoms with E-state index in [4.69, 9.17) is 4.74 Å². The van der Waals surface area contributed by atoms with E-state index in [-0.39, 0.29) is 24.3 Å². The van der Waals surface area contributed by atoms with Crippen LogP contribution < -0.4 is 10.6 Å². The number of phenols is 1. The molecule has 6 nitrogen and oxygen atoms in total. The van der Waals surface area contributed by atoms with E-state index in [0.29, 0.717) is 6.42 Å². The average Bonchev–Trinajstić information content (AvgIpc) is 3.03. The van der Waals surface area contributed by atoms with Crippen molar-refractivity contribution in [2.45, 2.75) is 38.3 Å². The van der Waals surface area contributed by atoms with Crippen molar-refractivity contribution in [3.8, 4) is 5.75 Å². The summed E-state index contributed by atoms with van der Waals surface area (Å²) in [5.41, 5.74) is 0.843. The Labute approximate surface area is 129 Å². The number of aromatic hydroxyl groups is 1. The number of amides is 1. The maximum absolute atomic E-state index is 12.2. The topological polar surface area (TPSA) is 87.7 Å². The molecule has 1 aromatic rings. The summed E-state index contributed by atoms with van der Waals surface area (Å²) in [4.78, 5) is 24.2. The van der Waals surface area contributed by atoms with Crippen LogP contribution in [0.1, 0.15) is 25.3 Å². The van der Waals surface area contributed by atoms with Crippen molar-refractivity contribution in [1.29, 1.82) is 0 Å². The van der Waals surface area contributed by atoms with Gasteiger partial charge < -0.3 is 20.5 Å². The zero-order valence-corrected chi connectivity index (χ0v) is 12.7. The summed E-state index contributed by atoms with van der Waals surface area (Å²) in [6.07, 6.45) is 2.07. The van der Waals surface area contributed by atoms with Gasteiger partial charge in [-0.25, -0.2) is 4.79 Å². The first-order valence-corrected chi connectivity index (χ1v) is 7.58. The Morgan fingerprint density at radius 2 is 2.14 bits per heavy atom. The Morgan fingerprint density at radius 1 is 1.41 bits per heavy atom. The van der Waals surface area contributed by atoms with Gasteiger partial charge in [0, 0.05) is 6.42 Å². The van der Waals surface area contributed by atoms with Gasteiger partial charge in [-0.1, -0.05) is 12.1 Å². The molecular weight excluding hydrogens is 284 g/mol. The molecule has 0 spiro atoms. The largest absolute Gasteiger partial charge is 0.508 e. The van der Waals surface area contributed by atoms with Crippen LogP contribution in [0, 0.1) is 0 Å². The minimum absolute atomic E-state index is 0.163. The van der Waals surface area contributed by atoms with E-state index < -0.39 is 12.0 Å². The quantitative estimate of drug-likeness (QED) is 0.675. The first-order chi connectivity index (χ1) is 10.6. The Bertz CT molecular complexity index is 509. The van der Waals surface area contributed by atoms with Crippen molar-refractivity contribution in [2.75, 3.05) is 13.2 Å². The van der Waals surface area contributed by atoms with Crippen LogP contribution in [-0.2, 0) is 20.7 Å². The van der Waals surface area contributed by atoms with Gasteiger partial charge in [-0.15, -0.1) is 0 Å². The van der Waals surface area contributed by atoms with Gasteiger partial charge in [-0.3, -0.25) is 4.79 Å². The molecule has 0 aliphatic carbocycles. The molecule has 22 heavy (non-hydrogen) atoms. The normalized spacial score (nSPS) is 18.7. The van der Waals surface area contributed by atoms with Gasteiger partial charge in [0.25, 0.3) is 0 Å². The monoisotopic (exact) mass is 306 g/mol. The summed E-state index contributed by atoms with van der Waals surface area (Å²) in [6.45, 7) is 2.82. The number of hydrogen-bond donors (Lipinski definition) is 3. The van der Waals surface area contributed by atoms with Crippen LogP contribution in [0.2, 0.25) is 0 Å². The van der Waals surface area contributed by atoms with Gasteiger partial charge in [0.15, 0.2) is 0 Å². The second-order valence-electron chi connectivity index (χ2n) is 5.33. The van der Waals surface area contributed by atoms with Crippen molar-refractivity contribution >= 4 is 11.9 Å². The summed E-state index contributed by atoms with van der Waals surface area (Å²) < 4.78 is 5.04. The summed E-state index contributed by atoms with van der Waals surface area (Å²) in [5.74, 6) is -0.452. The molecule has 3 N–H and O–H groups in total. The third kappa shape index (κ3) is 4.46. The molecule has 1 aromatic carbocycles. The molecule has 1 heterocycles. The molecule has 0 aromatic heterocycles. The molecule has 0 radical (unpaired) electrons. The van der Waals surface area contributed by atoms with Gasteiger partial charge in [0.2, 0.25) is 5.91 Å². The van der Waals surface area contributed by atoms with Gasteiger partial charge >= 0.3 is 5.97 Å². The van der Waals surface area contributed by atoms with E-state index >= 15 is 0 Å². The van der Waals surface area contributed by atoms with Crippen LogP contribution >= 0.6 is 0 Å². The van der Waals surface area contributed by atoms with Crippen molar-refractivity contribution in [1.82, 2.24) is 10.6 Å². The summed E-state index contributed by atoms with van der Waals surface area (Å²) in [5, 5.41) is 15.2. The lowest BCUT2D eigenvalue weighted by Gasteiger charge is -2.19. The molecule has 1 fully saturated rings. The fourth-order valence-electron chi connectivity index (χ4n) is 2.48. The molecule has 120 valence electrons. The molecule has 2 atom stereocenters. The highest BCUT2D eigenvalue weighted by Crippen LogP contribution is 2.12. The zero-order chi connectivity index (χ0) is 15.9. The van der Waals surface area contributed by atoms with Gasteiger partial charge in [-0.05, 0) is 44.0 Å². The van der Waals surface area contributed by atoms with Crippen LogP contribution in [0.15, 0.2) is 24.3 Å². The molecule has 0 unspecified atom stereocenters. The third-order valence-corrected chi connectivity index (χ3v) is 3.64. The van der Waals surface area contributed by atoms with Gasteiger partial charge in [-0.2, -0.15) is 0 Å². The Kier molecular flexibility index (Phi) is 5.77. The molecule has 1 aliphatic heterocycles. The lowest BCUT2D eigenvalue weighted by molar-refractivity contribution is -0.147. The van der Waals surface area contributed by atoms with Crippen molar-refractivity contribution in [3.05, 3.63) is 29.8 Å². The molecule has 2 rings (SSSR count). The molecule has 6 heteroatoms. The number of hydrogen-bond acceptors (Lipinski definition) is 5. The number of nitrogens with one attached hydrogen (secondary N) is 2. The summed E-state index contributed by atoms with van der Waals surface area (Å²) in [6, 6.07) is 5.59. The number of esters is 1. The van der Waals surface area contributed by atoms with E-state index in [1.165, 1.54) is 0 Å². The molecule has 0 bridgehead atoms. The zero-order valence-electron chi connectivity index (χ0n) is 12.7. The van der Waals surface area contributed by atoms with E-state index in [2.05, 4.69) is 10.6 Å². The maximum atomic E-state index is 12.2.